The standard InChI is InChI=1S/C12H8Br2Se/c13-9-6-10(14)8-12(7-9)15-11-4-2-1-3-5-11/h1-8H. The molecule has 2 rings (SSSR count). The summed E-state index contributed by atoms with van der Waals surface area (Å²) >= 11 is 7.40. The van der Waals surface area contributed by atoms with Crippen LogP contribution < -0.4 is 8.92 Å². The average Bonchev–Trinajstić information content (AvgIpc) is 2.17. The summed E-state index contributed by atoms with van der Waals surface area (Å²) in [5.41, 5.74) is 0. The summed E-state index contributed by atoms with van der Waals surface area (Å²) in [6, 6.07) is 17.0. The van der Waals surface area contributed by atoms with Crippen LogP contribution in [0.2, 0.25) is 0 Å². The Kier molecular flexibility index (Phi) is 4.04. The zero-order chi connectivity index (χ0) is 10.7. The van der Waals surface area contributed by atoms with Gasteiger partial charge in [-0.05, 0) is 0 Å². The Morgan fingerprint density at radius 3 is 1.93 bits per heavy atom. The zero-order valence-corrected chi connectivity index (χ0v) is 12.7. The third-order valence-electron chi connectivity index (χ3n) is 1.81. The molecule has 0 N–H and O–H groups in total. The molecule has 0 heterocycles. The maximum atomic E-state index is 3.51. The van der Waals surface area contributed by atoms with E-state index >= 15 is 0 Å². The topological polar surface area (TPSA) is 0 Å². The van der Waals surface area contributed by atoms with Gasteiger partial charge in [-0.3, -0.25) is 0 Å². The van der Waals surface area contributed by atoms with Crippen LogP contribution in [0.1, 0.15) is 0 Å². The summed E-state index contributed by atoms with van der Waals surface area (Å²) < 4.78 is 5.03. The van der Waals surface area contributed by atoms with Crippen molar-refractivity contribution in [3.63, 3.8) is 0 Å². The first-order valence-corrected chi connectivity index (χ1v) is 7.73. The second-order valence-electron chi connectivity index (χ2n) is 3.02. The van der Waals surface area contributed by atoms with E-state index in [1.54, 1.807) is 0 Å². The molecule has 0 saturated heterocycles. The second-order valence-corrected chi connectivity index (χ2v) is 7.26. The fourth-order valence-corrected chi connectivity index (χ4v) is 5.15. The molecule has 0 atom stereocenters. The molecule has 0 amide bonds. The first kappa shape index (κ1) is 11.4. The van der Waals surface area contributed by atoms with Crippen LogP contribution in [0.5, 0.6) is 0 Å². The third kappa shape index (κ3) is 3.46. The van der Waals surface area contributed by atoms with Crippen molar-refractivity contribution in [3.8, 4) is 0 Å². The molecule has 0 aliphatic carbocycles. The van der Waals surface area contributed by atoms with Crippen molar-refractivity contribution in [2.75, 3.05) is 0 Å². The molecular weight excluding hydrogens is 383 g/mol. The molecule has 15 heavy (non-hydrogen) atoms. The van der Waals surface area contributed by atoms with E-state index in [1.807, 2.05) is 0 Å². The summed E-state index contributed by atoms with van der Waals surface area (Å²) in [4.78, 5) is 0. The van der Waals surface area contributed by atoms with E-state index in [2.05, 4.69) is 80.4 Å². The van der Waals surface area contributed by atoms with Crippen molar-refractivity contribution in [2.45, 2.75) is 0 Å². The summed E-state index contributed by atoms with van der Waals surface area (Å²) in [7, 11) is 0. The van der Waals surface area contributed by atoms with Crippen LogP contribution in [0.25, 0.3) is 0 Å². The van der Waals surface area contributed by atoms with E-state index in [9.17, 15) is 0 Å². The van der Waals surface area contributed by atoms with Crippen LogP contribution in [-0.4, -0.2) is 15.0 Å². The van der Waals surface area contributed by atoms with E-state index in [0.29, 0.717) is 15.0 Å². The van der Waals surface area contributed by atoms with Gasteiger partial charge in [0.15, 0.2) is 0 Å². The fourth-order valence-electron chi connectivity index (χ4n) is 1.21. The van der Waals surface area contributed by atoms with Crippen LogP contribution in [0.3, 0.4) is 0 Å². The predicted molar refractivity (Wildman–Crippen MR) is 73.3 cm³/mol. The van der Waals surface area contributed by atoms with E-state index in [-0.39, 0.29) is 0 Å². The molecule has 3 heteroatoms. The molecule has 0 unspecified atom stereocenters. The van der Waals surface area contributed by atoms with Gasteiger partial charge in [0.1, 0.15) is 0 Å². The predicted octanol–water partition coefficient (Wildman–Crippen LogP) is 2.87. The van der Waals surface area contributed by atoms with Crippen molar-refractivity contribution < 1.29 is 0 Å². The second kappa shape index (κ2) is 5.31. The van der Waals surface area contributed by atoms with Crippen LogP contribution in [0.15, 0.2) is 57.5 Å². The van der Waals surface area contributed by atoms with Crippen LogP contribution >= 0.6 is 31.9 Å². The van der Waals surface area contributed by atoms with Gasteiger partial charge in [-0.1, -0.05) is 0 Å². The van der Waals surface area contributed by atoms with Crippen molar-refractivity contribution >= 4 is 55.7 Å². The van der Waals surface area contributed by atoms with Crippen molar-refractivity contribution in [1.82, 2.24) is 0 Å². The minimum absolute atomic E-state index is 0.382. The average molecular weight is 391 g/mol. The van der Waals surface area contributed by atoms with Crippen LogP contribution in [-0.2, 0) is 0 Å². The summed E-state index contributed by atoms with van der Waals surface area (Å²) in [6.45, 7) is 0. The van der Waals surface area contributed by atoms with Crippen LogP contribution in [0.4, 0.5) is 0 Å². The van der Waals surface area contributed by atoms with E-state index in [1.165, 1.54) is 8.92 Å². The summed E-state index contributed by atoms with van der Waals surface area (Å²) in [5, 5.41) is 0. The van der Waals surface area contributed by atoms with Gasteiger partial charge >= 0.3 is 113 Å². The first-order chi connectivity index (χ1) is 7.24. The Hall–Kier alpha value is -0.0805. The molecule has 0 saturated carbocycles. The first-order valence-electron chi connectivity index (χ1n) is 4.43. The summed E-state index contributed by atoms with van der Waals surface area (Å²) in [5.74, 6) is 0. The van der Waals surface area contributed by atoms with Gasteiger partial charge in [-0.2, -0.15) is 0 Å². The van der Waals surface area contributed by atoms with Gasteiger partial charge in [0, 0.05) is 0 Å². The zero-order valence-electron chi connectivity index (χ0n) is 7.78. The quantitative estimate of drug-likeness (QED) is 0.692. The Morgan fingerprint density at radius 1 is 0.733 bits per heavy atom. The van der Waals surface area contributed by atoms with Crippen molar-refractivity contribution in [3.05, 3.63) is 57.5 Å². The maximum absolute atomic E-state index is 3.51. The monoisotopic (exact) mass is 390 g/mol. The SMILES string of the molecule is Brc1cc(Br)cc([Se]c2ccccc2)c1. The van der Waals surface area contributed by atoms with Gasteiger partial charge in [0.25, 0.3) is 0 Å². The number of rotatable bonds is 2. The van der Waals surface area contributed by atoms with E-state index in [4.69, 9.17) is 0 Å². The number of benzene rings is 2. The molecule has 0 bridgehead atoms. The molecule has 0 radical (unpaired) electrons. The molecule has 0 aliphatic rings. The van der Waals surface area contributed by atoms with Crippen molar-refractivity contribution in [2.24, 2.45) is 0 Å². The summed E-state index contributed by atoms with van der Waals surface area (Å²) in [6.07, 6.45) is 0. The van der Waals surface area contributed by atoms with Crippen LogP contribution in [0, 0.1) is 0 Å². The molecule has 0 fully saturated rings. The normalized spacial score (nSPS) is 10.3. The molecule has 0 aromatic heterocycles. The molecule has 0 spiro atoms. The molecule has 76 valence electrons. The third-order valence-corrected chi connectivity index (χ3v) is 4.79. The molecule has 2 aromatic rings. The van der Waals surface area contributed by atoms with Gasteiger partial charge in [-0.15, -0.1) is 0 Å². The Balaban J connectivity index is 2.25. The van der Waals surface area contributed by atoms with Gasteiger partial charge in [0.05, 0.1) is 0 Å². The van der Waals surface area contributed by atoms with Gasteiger partial charge in [0.2, 0.25) is 0 Å². The Labute approximate surface area is 113 Å². The van der Waals surface area contributed by atoms with E-state index < -0.39 is 0 Å². The fraction of sp³-hybridized carbons (Fsp3) is 0. The Bertz CT molecular complexity index is 434. The number of hydrogen-bond acceptors (Lipinski definition) is 0. The molecular formula is C12H8Br2Se. The Morgan fingerprint density at radius 2 is 1.33 bits per heavy atom. The minimum atomic E-state index is 0.382. The van der Waals surface area contributed by atoms with Gasteiger partial charge in [-0.25, -0.2) is 0 Å². The van der Waals surface area contributed by atoms with Gasteiger partial charge < -0.3 is 0 Å². The number of hydrogen-bond donors (Lipinski definition) is 0. The number of halogens is 2. The molecule has 2 aromatic carbocycles. The molecule has 0 nitrogen and oxygen atoms in total. The van der Waals surface area contributed by atoms with Crippen molar-refractivity contribution in [1.29, 1.82) is 0 Å². The molecule has 0 aliphatic heterocycles. The van der Waals surface area contributed by atoms with E-state index in [0.717, 1.165) is 8.95 Å².